The zero-order valence-corrected chi connectivity index (χ0v) is 15.4. The maximum absolute atomic E-state index is 13.3. The Balaban J connectivity index is 1.79. The number of carbonyl (C=O) groups excluding carboxylic acids is 2. The van der Waals surface area contributed by atoms with Gasteiger partial charge in [-0.3, -0.25) is 30.6 Å². The molecule has 11 heteroatoms. The van der Waals surface area contributed by atoms with E-state index in [1.54, 1.807) is 0 Å². The van der Waals surface area contributed by atoms with Crippen LogP contribution in [0.1, 0.15) is 20.0 Å². The van der Waals surface area contributed by atoms with Crippen LogP contribution < -0.4 is 10.9 Å². The zero-order chi connectivity index (χ0) is 19.7. The summed E-state index contributed by atoms with van der Waals surface area (Å²) in [6.07, 6.45) is 0. The van der Waals surface area contributed by atoms with Crippen molar-refractivity contribution < 1.29 is 18.9 Å². The first-order chi connectivity index (χ1) is 12.8. The first kappa shape index (κ1) is 19.0. The lowest BCUT2D eigenvalue weighted by Gasteiger charge is -2.07. The van der Waals surface area contributed by atoms with Gasteiger partial charge in [-0.25, -0.2) is 4.39 Å². The Bertz CT molecular complexity index is 1100. The van der Waals surface area contributed by atoms with Crippen molar-refractivity contribution in [1.82, 2.24) is 10.9 Å². The summed E-state index contributed by atoms with van der Waals surface area (Å²) in [4.78, 5) is 34.8. The van der Waals surface area contributed by atoms with Gasteiger partial charge in [0, 0.05) is 21.2 Å². The highest BCUT2D eigenvalue weighted by atomic mass is 35.5. The van der Waals surface area contributed by atoms with Crippen LogP contribution in [0.15, 0.2) is 36.4 Å². The average molecular weight is 428 g/mol. The summed E-state index contributed by atoms with van der Waals surface area (Å²) in [5.41, 5.74) is 3.42. The summed E-state index contributed by atoms with van der Waals surface area (Å²) in [5.74, 6) is -2.13. The smallest absolute Gasteiger partial charge is 0.267 e. The van der Waals surface area contributed by atoms with Gasteiger partial charge in [0.1, 0.15) is 16.3 Å². The number of carbonyl (C=O) groups is 2. The van der Waals surface area contributed by atoms with Gasteiger partial charge in [0.15, 0.2) is 0 Å². The molecule has 0 saturated carbocycles. The van der Waals surface area contributed by atoms with E-state index < -0.39 is 28.2 Å². The first-order valence-corrected chi connectivity index (χ1v) is 8.77. The van der Waals surface area contributed by atoms with Crippen LogP contribution >= 0.6 is 34.5 Å². The fourth-order valence-electron chi connectivity index (χ4n) is 2.27. The van der Waals surface area contributed by atoms with Crippen LogP contribution in [0, 0.1) is 15.9 Å². The molecule has 27 heavy (non-hydrogen) atoms. The molecule has 3 aromatic rings. The van der Waals surface area contributed by atoms with E-state index >= 15 is 0 Å². The monoisotopic (exact) mass is 427 g/mol. The van der Waals surface area contributed by atoms with E-state index in [9.17, 15) is 24.1 Å². The van der Waals surface area contributed by atoms with Crippen LogP contribution in [0.2, 0.25) is 10.0 Å². The van der Waals surface area contributed by atoms with Crippen molar-refractivity contribution >= 4 is 62.1 Å². The van der Waals surface area contributed by atoms with Gasteiger partial charge in [-0.1, -0.05) is 23.2 Å². The Morgan fingerprint density at radius 3 is 2.48 bits per heavy atom. The third-order valence-electron chi connectivity index (χ3n) is 3.49. The summed E-state index contributed by atoms with van der Waals surface area (Å²) < 4.78 is 13.8. The van der Waals surface area contributed by atoms with Crippen LogP contribution in [0.5, 0.6) is 0 Å². The van der Waals surface area contributed by atoms with Gasteiger partial charge in [-0.05, 0) is 30.3 Å². The second kappa shape index (κ2) is 7.47. The average Bonchev–Trinajstić information content (AvgIpc) is 2.95. The van der Waals surface area contributed by atoms with E-state index in [0.29, 0.717) is 10.1 Å². The Morgan fingerprint density at radius 2 is 1.78 bits per heavy atom. The largest absolute Gasteiger partial charge is 0.283 e. The molecular formula is C16H8Cl2FN3O4S. The minimum absolute atomic E-state index is 0.0585. The number of halogens is 3. The topological polar surface area (TPSA) is 101 Å². The number of nitrogens with one attached hydrogen (secondary N) is 2. The molecule has 0 radical (unpaired) electrons. The number of hydrazine groups is 1. The molecule has 0 bridgehead atoms. The van der Waals surface area contributed by atoms with E-state index in [4.69, 9.17) is 23.2 Å². The van der Waals surface area contributed by atoms with Crippen LogP contribution in [-0.2, 0) is 0 Å². The van der Waals surface area contributed by atoms with Gasteiger partial charge in [-0.2, -0.15) is 0 Å². The molecule has 3 rings (SSSR count). The van der Waals surface area contributed by atoms with Crippen molar-refractivity contribution in [2.75, 3.05) is 0 Å². The molecule has 0 aliphatic heterocycles. The van der Waals surface area contributed by atoms with Crippen LogP contribution in [-0.4, -0.2) is 16.7 Å². The molecule has 0 spiro atoms. The number of hydrogen-bond acceptors (Lipinski definition) is 5. The predicted octanol–water partition coefficient (Wildman–Crippen LogP) is 4.33. The van der Waals surface area contributed by atoms with Gasteiger partial charge >= 0.3 is 0 Å². The van der Waals surface area contributed by atoms with E-state index in [1.807, 2.05) is 0 Å². The Kier molecular flexibility index (Phi) is 5.26. The summed E-state index contributed by atoms with van der Waals surface area (Å²) in [6, 6.07) is 7.38. The lowest BCUT2D eigenvalue weighted by molar-refractivity contribution is -0.385. The van der Waals surface area contributed by atoms with Crippen molar-refractivity contribution in [2.24, 2.45) is 0 Å². The van der Waals surface area contributed by atoms with Crippen molar-refractivity contribution in [2.45, 2.75) is 0 Å². The van der Waals surface area contributed by atoms with Gasteiger partial charge in [0.25, 0.3) is 17.5 Å². The number of nitro benzene ring substituents is 1. The van der Waals surface area contributed by atoms with Crippen LogP contribution in [0.25, 0.3) is 10.1 Å². The molecule has 0 aliphatic carbocycles. The molecule has 2 aromatic carbocycles. The number of fused-ring (bicyclic) bond motifs is 1. The van der Waals surface area contributed by atoms with Gasteiger partial charge in [0.05, 0.1) is 9.95 Å². The second-order valence-corrected chi connectivity index (χ2v) is 7.08. The minimum Gasteiger partial charge on any atom is -0.267 e. The molecule has 0 unspecified atom stereocenters. The molecule has 1 heterocycles. The summed E-state index contributed by atoms with van der Waals surface area (Å²) >= 11 is 12.8. The van der Waals surface area contributed by atoms with Crippen LogP contribution in [0.4, 0.5) is 10.1 Å². The van der Waals surface area contributed by atoms with Crippen molar-refractivity contribution in [3.8, 4) is 0 Å². The summed E-state index contributed by atoms with van der Waals surface area (Å²) in [6.45, 7) is 0. The number of hydrogen-bond donors (Lipinski definition) is 2. The molecule has 2 N–H and O–H groups in total. The minimum atomic E-state index is -0.907. The number of rotatable bonds is 3. The fraction of sp³-hybridized carbons (Fsp3) is 0. The SMILES string of the molecule is O=C(NNC(=O)c1sc2cc(F)ccc2c1Cl)c1ccc(Cl)cc1[N+](=O)[O-]. The number of benzene rings is 2. The normalized spacial score (nSPS) is 10.6. The molecule has 0 fully saturated rings. The Labute approximate surface area is 164 Å². The molecule has 1 aromatic heterocycles. The molecular weight excluding hydrogens is 420 g/mol. The molecule has 0 aliphatic rings. The third-order valence-corrected chi connectivity index (χ3v) is 5.38. The quantitative estimate of drug-likeness (QED) is 0.479. The number of nitro groups is 1. The lowest BCUT2D eigenvalue weighted by Crippen LogP contribution is -2.41. The number of amides is 2. The van der Waals surface area contributed by atoms with Crippen molar-refractivity contribution in [3.05, 3.63) is 72.8 Å². The van der Waals surface area contributed by atoms with E-state index in [2.05, 4.69) is 10.9 Å². The number of thiophene rings is 1. The highest BCUT2D eigenvalue weighted by molar-refractivity contribution is 7.21. The molecule has 0 atom stereocenters. The van der Waals surface area contributed by atoms with Crippen molar-refractivity contribution in [1.29, 1.82) is 0 Å². The predicted molar refractivity (Wildman–Crippen MR) is 99.8 cm³/mol. The maximum atomic E-state index is 13.3. The maximum Gasteiger partial charge on any atom is 0.283 e. The molecule has 7 nitrogen and oxygen atoms in total. The van der Waals surface area contributed by atoms with E-state index in [-0.39, 0.29) is 20.5 Å². The second-order valence-electron chi connectivity index (χ2n) is 5.21. The van der Waals surface area contributed by atoms with E-state index in [1.165, 1.54) is 24.3 Å². The van der Waals surface area contributed by atoms with Crippen LogP contribution in [0.3, 0.4) is 0 Å². The molecule has 0 saturated heterocycles. The van der Waals surface area contributed by atoms with Crippen molar-refractivity contribution in [3.63, 3.8) is 0 Å². The fourth-order valence-corrected chi connectivity index (χ4v) is 3.87. The zero-order valence-electron chi connectivity index (χ0n) is 13.1. The molecule has 138 valence electrons. The Hall–Kier alpha value is -2.75. The molecule has 2 amide bonds. The number of nitrogens with zero attached hydrogens (tertiary/aromatic N) is 1. The van der Waals surface area contributed by atoms with Gasteiger partial charge < -0.3 is 0 Å². The Morgan fingerprint density at radius 1 is 1.07 bits per heavy atom. The third kappa shape index (κ3) is 3.85. The first-order valence-electron chi connectivity index (χ1n) is 7.20. The highest BCUT2D eigenvalue weighted by Crippen LogP contribution is 2.35. The van der Waals surface area contributed by atoms with Gasteiger partial charge in [-0.15, -0.1) is 11.3 Å². The van der Waals surface area contributed by atoms with Gasteiger partial charge in [0.2, 0.25) is 0 Å². The lowest BCUT2D eigenvalue weighted by atomic mass is 10.2. The highest BCUT2D eigenvalue weighted by Gasteiger charge is 2.22. The summed E-state index contributed by atoms with van der Waals surface area (Å²) in [5, 5.41) is 11.7. The van der Waals surface area contributed by atoms with E-state index in [0.717, 1.165) is 23.5 Å². The standard InChI is InChI=1S/C16H8Cl2FN3O4S/c17-7-1-3-9(11(5-7)22(25)26)15(23)20-21-16(24)14-13(18)10-4-2-8(19)6-12(10)27-14/h1-6H,(H,20,23)(H,21,24). The summed E-state index contributed by atoms with van der Waals surface area (Å²) in [7, 11) is 0.